The van der Waals surface area contributed by atoms with Gasteiger partial charge >= 0.3 is 5.63 Å². The van der Waals surface area contributed by atoms with Crippen LogP contribution in [0.5, 0.6) is 5.75 Å². The van der Waals surface area contributed by atoms with Gasteiger partial charge < -0.3 is 14.5 Å². The van der Waals surface area contributed by atoms with Gasteiger partial charge in [0.2, 0.25) is 0 Å². The summed E-state index contributed by atoms with van der Waals surface area (Å²) in [5.41, 5.74) is 3.81. The first-order valence-corrected chi connectivity index (χ1v) is 8.92. The fourth-order valence-electron chi connectivity index (χ4n) is 3.06. The number of carbonyl (C=O) groups is 1. The number of anilines is 1. The van der Waals surface area contributed by atoms with Gasteiger partial charge in [0.1, 0.15) is 11.3 Å². The fraction of sp³-hybridized carbons (Fsp3) is 0.273. The second kappa shape index (κ2) is 7.66. The van der Waals surface area contributed by atoms with Crippen molar-refractivity contribution in [2.45, 2.75) is 33.6 Å². The largest absolute Gasteiger partial charge is 0.484 e. The van der Waals surface area contributed by atoms with E-state index in [0.717, 1.165) is 27.8 Å². The predicted molar refractivity (Wildman–Crippen MR) is 107 cm³/mol. The fourth-order valence-corrected chi connectivity index (χ4v) is 3.06. The SMILES string of the molecule is Cc1cccc(C(C)C)c1NC(=O)COc1ccc2c(C)cc(=O)oc2c1. The van der Waals surface area contributed by atoms with Crippen molar-refractivity contribution in [3.63, 3.8) is 0 Å². The third kappa shape index (κ3) is 4.19. The number of hydrogen-bond donors (Lipinski definition) is 1. The molecule has 0 aliphatic rings. The van der Waals surface area contributed by atoms with Gasteiger partial charge in [0.25, 0.3) is 5.91 Å². The average Bonchev–Trinajstić information content (AvgIpc) is 2.61. The quantitative estimate of drug-likeness (QED) is 0.674. The first-order valence-electron chi connectivity index (χ1n) is 8.92. The van der Waals surface area contributed by atoms with Crippen LogP contribution in [0.1, 0.15) is 36.5 Å². The zero-order valence-corrected chi connectivity index (χ0v) is 16.0. The molecule has 0 saturated heterocycles. The molecule has 0 unspecified atom stereocenters. The Hall–Kier alpha value is -3.08. The van der Waals surface area contributed by atoms with Crippen molar-refractivity contribution in [2.24, 2.45) is 0 Å². The van der Waals surface area contributed by atoms with Gasteiger partial charge in [-0.15, -0.1) is 0 Å². The minimum Gasteiger partial charge on any atom is -0.484 e. The summed E-state index contributed by atoms with van der Waals surface area (Å²) in [5, 5.41) is 3.79. The van der Waals surface area contributed by atoms with Crippen molar-refractivity contribution >= 4 is 22.6 Å². The minimum absolute atomic E-state index is 0.132. The number of benzene rings is 2. The lowest BCUT2D eigenvalue weighted by atomic mass is 9.98. The number of para-hydroxylation sites is 1. The number of ether oxygens (including phenoxy) is 1. The smallest absolute Gasteiger partial charge is 0.336 e. The third-order valence-corrected chi connectivity index (χ3v) is 4.48. The van der Waals surface area contributed by atoms with Crippen LogP contribution in [0.2, 0.25) is 0 Å². The van der Waals surface area contributed by atoms with E-state index >= 15 is 0 Å². The van der Waals surface area contributed by atoms with E-state index in [1.165, 1.54) is 6.07 Å². The molecule has 1 amide bonds. The lowest BCUT2D eigenvalue weighted by molar-refractivity contribution is -0.118. The van der Waals surface area contributed by atoms with Crippen LogP contribution >= 0.6 is 0 Å². The summed E-state index contributed by atoms with van der Waals surface area (Å²) < 4.78 is 10.8. The van der Waals surface area contributed by atoms with Crippen LogP contribution in [0.25, 0.3) is 11.0 Å². The molecule has 5 nitrogen and oxygen atoms in total. The van der Waals surface area contributed by atoms with E-state index in [1.54, 1.807) is 12.1 Å². The van der Waals surface area contributed by atoms with Gasteiger partial charge in [-0.05, 0) is 48.6 Å². The molecular weight excluding hydrogens is 342 g/mol. The zero-order chi connectivity index (χ0) is 19.6. The molecule has 0 spiro atoms. The molecule has 1 heterocycles. The van der Waals surface area contributed by atoms with Crippen LogP contribution in [0.4, 0.5) is 5.69 Å². The second-order valence-corrected chi connectivity index (χ2v) is 6.94. The van der Waals surface area contributed by atoms with E-state index in [4.69, 9.17) is 9.15 Å². The van der Waals surface area contributed by atoms with Gasteiger partial charge in [0.05, 0.1) is 0 Å². The van der Waals surface area contributed by atoms with E-state index < -0.39 is 5.63 Å². The highest BCUT2D eigenvalue weighted by atomic mass is 16.5. The van der Waals surface area contributed by atoms with E-state index in [0.29, 0.717) is 17.3 Å². The molecule has 3 rings (SSSR count). The average molecular weight is 365 g/mol. The maximum Gasteiger partial charge on any atom is 0.336 e. The van der Waals surface area contributed by atoms with Crippen molar-refractivity contribution in [3.05, 3.63) is 69.6 Å². The molecule has 27 heavy (non-hydrogen) atoms. The van der Waals surface area contributed by atoms with Crippen molar-refractivity contribution in [2.75, 3.05) is 11.9 Å². The third-order valence-electron chi connectivity index (χ3n) is 4.48. The van der Waals surface area contributed by atoms with E-state index in [9.17, 15) is 9.59 Å². The van der Waals surface area contributed by atoms with Gasteiger partial charge in [0.15, 0.2) is 6.61 Å². The summed E-state index contributed by atoms with van der Waals surface area (Å²) in [4.78, 5) is 23.9. The maximum absolute atomic E-state index is 12.4. The first kappa shape index (κ1) is 18.7. The summed E-state index contributed by atoms with van der Waals surface area (Å²) in [7, 11) is 0. The van der Waals surface area contributed by atoms with Gasteiger partial charge in [-0.1, -0.05) is 32.0 Å². The monoisotopic (exact) mass is 365 g/mol. The Balaban J connectivity index is 1.73. The molecule has 1 aromatic heterocycles. The Morgan fingerprint density at radius 3 is 2.63 bits per heavy atom. The lowest BCUT2D eigenvalue weighted by Crippen LogP contribution is -2.21. The van der Waals surface area contributed by atoms with E-state index in [-0.39, 0.29) is 12.5 Å². The molecule has 140 valence electrons. The van der Waals surface area contributed by atoms with Crippen molar-refractivity contribution in [1.29, 1.82) is 0 Å². The highest BCUT2D eigenvalue weighted by Crippen LogP contribution is 2.27. The number of fused-ring (bicyclic) bond motifs is 1. The van der Waals surface area contributed by atoms with Crippen LogP contribution in [0, 0.1) is 13.8 Å². The Morgan fingerprint density at radius 2 is 1.89 bits per heavy atom. The Labute approximate surface area is 158 Å². The van der Waals surface area contributed by atoms with Crippen LogP contribution in [0.15, 0.2) is 51.7 Å². The molecule has 2 aromatic carbocycles. The topological polar surface area (TPSA) is 68.5 Å². The molecule has 0 radical (unpaired) electrons. The Morgan fingerprint density at radius 1 is 1.11 bits per heavy atom. The number of hydrogen-bond acceptors (Lipinski definition) is 4. The first-order chi connectivity index (χ1) is 12.8. The normalized spacial score (nSPS) is 11.0. The van der Waals surface area contributed by atoms with Gasteiger partial charge in [-0.3, -0.25) is 4.79 Å². The molecule has 5 heteroatoms. The summed E-state index contributed by atoms with van der Waals surface area (Å²) in [5.74, 6) is 0.532. The molecule has 1 N–H and O–H groups in total. The summed E-state index contributed by atoms with van der Waals surface area (Å²) in [6.45, 7) is 7.86. The van der Waals surface area contributed by atoms with E-state index in [1.807, 2.05) is 38.1 Å². The predicted octanol–water partition coefficient (Wildman–Crippen LogP) is 4.55. The summed E-state index contributed by atoms with van der Waals surface area (Å²) in [6, 6.07) is 12.6. The van der Waals surface area contributed by atoms with Crippen molar-refractivity contribution in [1.82, 2.24) is 0 Å². The lowest BCUT2D eigenvalue weighted by Gasteiger charge is -2.16. The van der Waals surface area contributed by atoms with Crippen molar-refractivity contribution < 1.29 is 13.9 Å². The Bertz CT molecular complexity index is 1050. The molecule has 3 aromatic rings. The Kier molecular flexibility index (Phi) is 5.31. The van der Waals surface area contributed by atoms with Crippen LogP contribution in [-0.4, -0.2) is 12.5 Å². The molecule has 0 aliphatic carbocycles. The van der Waals surface area contributed by atoms with Crippen molar-refractivity contribution in [3.8, 4) is 5.75 Å². The molecule has 0 aliphatic heterocycles. The molecular formula is C22H23NO4. The molecule has 0 atom stereocenters. The van der Waals surface area contributed by atoms with Crippen LogP contribution in [-0.2, 0) is 4.79 Å². The molecule has 0 bridgehead atoms. The summed E-state index contributed by atoms with van der Waals surface area (Å²) in [6.07, 6.45) is 0. The minimum atomic E-state index is -0.407. The second-order valence-electron chi connectivity index (χ2n) is 6.94. The zero-order valence-electron chi connectivity index (χ0n) is 16.0. The van der Waals surface area contributed by atoms with Gasteiger partial charge in [-0.2, -0.15) is 0 Å². The number of aryl methyl sites for hydroxylation is 2. The van der Waals surface area contributed by atoms with E-state index in [2.05, 4.69) is 19.2 Å². The van der Waals surface area contributed by atoms with Crippen LogP contribution in [0.3, 0.4) is 0 Å². The number of rotatable bonds is 5. The highest BCUT2D eigenvalue weighted by molar-refractivity contribution is 5.93. The highest BCUT2D eigenvalue weighted by Gasteiger charge is 2.13. The number of nitrogens with one attached hydrogen (secondary N) is 1. The maximum atomic E-state index is 12.4. The standard InChI is InChI=1S/C22H23NO4/c1-13(2)17-7-5-6-14(3)22(17)23-20(24)12-26-16-8-9-18-15(4)10-21(25)27-19(18)11-16/h5-11,13H,12H2,1-4H3,(H,23,24). The number of amides is 1. The van der Waals surface area contributed by atoms with Gasteiger partial charge in [0, 0.05) is 23.2 Å². The summed E-state index contributed by atoms with van der Waals surface area (Å²) >= 11 is 0. The number of carbonyl (C=O) groups excluding carboxylic acids is 1. The van der Waals surface area contributed by atoms with Crippen LogP contribution < -0.4 is 15.7 Å². The molecule has 0 saturated carbocycles. The molecule has 0 fully saturated rings. The van der Waals surface area contributed by atoms with Gasteiger partial charge in [-0.25, -0.2) is 4.79 Å².